The molecule has 0 unspecified atom stereocenters. The van der Waals surface area contributed by atoms with Crippen LogP contribution in [0.25, 0.3) is 11.1 Å². The van der Waals surface area contributed by atoms with Crippen LogP contribution in [0.1, 0.15) is 15.9 Å². The molecule has 0 aromatic heterocycles. The van der Waals surface area contributed by atoms with Crippen molar-refractivity contribution >= 4 is 43.7 Å². The molecule has 0 spiro atoms. The molecule has 3 aromatic carbocycles. The van der Waals surface area contributed by atoms with E-state index in [0.29, 0.717) is 20.9 Å². The smallest absolute Gasteiger partial charge is 0.195 e. The summed E-state index contributed by atoms with van der Waals surface area (Å²) >= 11 is 13.2. The van der Waals surface area contributed by atoms with E-state index in [1.165, 1.54) is 0 Å². The van der Waals surface area contributed by atoms with Gasteiger partial charge in [0.1, 0.15) is 0 Å². The number of rotatable bonds is 3. The van der Waals surface area contributed by atoms with E-state index < -0.39 is 0 Å². The van der Waals surface area contributed by atoms with E-state index in [2.05, 4.69) is 37.9 Å². The minimum absolute atomic E-state index is 0.0900. The monoisotopic (exact) mass is 354 g/mol. The van der Waals surface area contributed by atoms with Crippen molar-refractivity contribution in [1.29, 1.82) is 0 Å². The van der Waals surface area contributed by atoms with Crippen molar-refractivity contribution in [3.63, 3.8) is 0 Å². The van der Waals surface area contributed by atoms with Crippen molar-refractivity contribution in [3.8, 4) is 11.1 Å². The summed E-state index contributed by atoms with van der Waals surface area (Å²) in [6.07, 6.45) is 0. The number of ketones is 1. The number of hydrogen-bond donors (Lipinski definition) is 3. The third-order valence-electron chi connectivity index (χ3n) is 3.57. The van der Waals surface area contributed by atoms with Gasteiger partial charge in [0.15, 0.2) is 5.78 Å². The number of carbonyl (C=O) groups excluding carboxylic acids is 1. The summed E-state index contributed by atoms with van der Waals surface area (Å²) in [5.74, 6) is -0.0900. The van der Waals surface area contributed by atoms with Crippen LogP contribution in [-0.2, 0) is 0 Å². The Kier molecular flexibility index (Phi) is 4.85. The first-order valence-corrected chi connectivity index (χ1v) is 8.36. The van der Waals surface area contributed by atoms with Gasteiger partial charge in [-0.1, -0.05) is 54.6 Å². The van der Waals surface area contributed by atoms with Crippen molar-refractivity contribution < 1.29 is 4.79 Å². The lowest BCUT2D eigenvalue weighted by atomic mass is 9.94. The van der Waals surface area contributed by atoms with Crippen molar-refractivity contribution in [2.45, 2.75) is 14.7 Å². The highest BCUT2D eigenvalue weighted by Gasteiger charge is 2.19. The first kappa shape index (κ1) is 16.2. The summed E-state index contributed by atoms with van der Waals surface area (Å²) in [4.78, 5) is 15.0. The molecule has 1 nitrogen and oxygen atoms in total. The van der Waals surface area contributed by atoms with Crippen molar-refractivity contribution in [1.82, 2.24) is 0 Å². The van der Waals surface area contributed by atoms with Crippen LogP contribution in [0.3, 0.4) is 0 Å². The SMILES string of the molecule is O=C(c1ccccc1-c1ccccc1)c1c(S)cc(S)cc1S. The maximum atomic E-state index is 13.1. The van der Waals surface area contributed by atoms with Crippen LogP contribution in [0.4, 0.5) is 0 Å². The summed E-state index contributed by atoms with van der Waals surface area (Å²) < 4.78 is 0. The molecule has 0 amide bonds. The maximum absolute atomic E-state index is 13.1. The van der Waals surface area contributed by atoms with Gasteiger partial charge < -0.3 is 0 Å². The second kappa shape index (κ2) is 6.87. The van der Waals surface area contributed by atoms with Crippen LogP contribution in [0.5, 0.6) is 0 Å². The van der Waals surface area contributed by atoms with Crippen molar-refractivity contribution in [2.75, 3.05) is 0 Å². The average molecular weight is 355 g/mol. The Hall–Kier alpha value is -1.62. The molecule has 0 saturated heterocycles. The van der Waals surface area contributed by atoms with Crippen LogP contribution in [0, 0.1) is 0 Å². The van der Waals surface area contributed by atoms with E-state index in [4.69, 9.17) is 0 Å². The minimum Gasteiger partial charge on any atom is -0.289 e. The Balaban J connectivity index is 2.16. The molecule has 0 bridgehead atoms. The van der Waals surface area contributed by atoms with E-state index in [9.17, 15) is 4.79 Å². The molecule has 0 heterocycles. The van der Waals surface area contributed by atoms with Gasteiger partial charge in [0.2, 0.25) is 0 Å². The second-order valence-corrected chi connectivity index (χ2v) is 6.58. The quantitative estimate of drug-likeness (QED) is 0.421. The number of thiol groups is 3. The fourth-order valence-corrected chi connectivity index (χ4v) is 3.79. The second-order valence-electron chi connectivity index (χ2n) is 5.10. The Morgan fingerprint density at radius 3 is 1.96 bits per heavy atom. The zero-order chi connectivity index (χ0) is 16.4. The first-order valence-electron chi connectivity index (χ1n) is 7.02. The Bertz CT molecular complexity index is 850. The predicted molar refractivity (Wildman–Crippen MR) is 104 cm³/mol. The van der Waals surface area contributed by atoms with Gasteiger partial charge in [0.05, 0.1) is 0 Å². The van der Waals surface area contributed by atoms with E-state index in [1.807, 2.05) is 54.6 Å². The van der Waals surface area contributed by atoms with Gasteiger partial charge in [-0.25, -0.2) is 0 Å². The van der Waals surface area contributed by atoms with Crippen LogP contribution < -0.4 is 0 Å². The van der Waals surface area contributed by atoms with Crippen LogP contribution in [-0.4, -0.2) is 5.78 Å². The summed E-state index contributed by atoms with van der Waals surface area (Å²) in [6, 6.07) is 20.9. The highest BCUT2D eigenvalue weighted by molar-refractivity contribution is 7.82. The molecular formula is C19H14OS3. The first-order chi connectivity index (χ1) is 11.1. The van der Waals surface area contributed by atoms with Crippen molar-refractivity contribution in [3.05, 3.63) is 77.9 Å². The maximum Gasteiger partial charge on any atom is 0.195 e. The van der Waals surface area contributed by atoms with E-state index >= 15 is 0 Å². The zero-order valence-corrected chi connectivity index (χ0v) is 14.8. The summed E-state index contributed by atoms with van der Waals surface area (Å²) in [7, 11) is 0. The molecular weight excluding hydrogens is 340 g/mol. The molecule has 0 atom stereocenters. The lowest BCUT2D eigenvalue weighted by Crippen LogP contribution is -2.06. The van der Waals surface area contributed by atoms with Crippen LogP contribution >= 0.6 is 37.9 Å². The van der Waals surface area contributed by atoms with Crippen LogP contribution in [0.2, 0.25) is 0 Å². The van der Waals surface area contributed by atoms with Gasteiger partial charge in [0.25, 0.3) is 0 Å². The van der Waals surface area contributed by atoms with E-state index in [-0.39, 0.29) is 5.78 Å². The third kappa shape index (κ3) is 3.34. The summed E-state index contributed by atoms with van der Waals surface area (Å²) in [6.45, 7) is 0. The fraction of sp³-hybridized carbons (Fsp3) is 0. The molecule has 0 saturated carbocycles. The lowest BCUT2D eigenvalue weighted by molar-refractivity contribution is 0.103. The Morgan fingerprint density at radius 1 is 0.739 bits per heavy atom. The molecule has 0 radical (unpaired) electrons. The molecule has 4 heteroatoms. The Labute approximate surface area is 152 Å². The van der Waals surface area contributed by atoms with Gasteiger partial charge in [-0.3, -0.25) is 4.79 Å². The predicted octanol–water partition coefficient (Wildman–Crippen LogP) is 5.45. The minimum atomic E-state index is -0.0900. The topological polar surface area (TPSA) is 17.1 Å². The zero-order valence-electron chi connectivity index (χ0n) is 12.1. The van der Waals surface area contributed by atoms with Gasteiger partial charge in [-0.15, -0.1) is 37.9 Å². The Morgan fingerprint density at radius 2 is 1.30 bits per heavy atom. The largest absolute Gasteiger partial charge is 0.289 e. The summed E-state index contributed by atoms with van der Waals surface area (Å²) in [5, 5.41) is 0. The van der Waals surface area contributed by atoms with E-state index in [1.54, 1.807) is 12.1 Å². The molecule has 3 rings (SSSR count). The van der Waals surface area contributed by atoms with Gasteiger partial charge >= 0.3 is 0 Å². The number of hydrogen-bond acceptors (Lipinski definition) is 4. The standard InChI is InChI=1S/C19H14OS3/c20-19(18-16(22)10-13(21)11-17(18)23)15-9-5-4-8-14(15)12-6-2-1-3-7-12/h1-11,21-23H. The third-order valence-corrected chi connectivity index (χ3v) is 4.53. The van der Waals surface area contributed by atoms with Crippen LogP contribution in [0.15, 0.2) is 81.4 Å². The van der Waals surface area contributed by atoms with Gasteiger partial charge in [-0.2, -0.15) is 0 Å². The number of benzene rings is 3. The normalized spacial score (nSPS) is 10.6. The molecule has 0 aliphatic heterocycles. The van der Waals surface area contributed by atoms with Crippen molar-refractivity contribution in [2.24, 2.45) is 0 Å². The fourth-order valence-electron chi connectivity index (χ4n) is 2.52. The van der Waals surface area contributed by atoms with E-state index in [0.717, 1.165) is 16.0 Å². The molecule has 0 N–H and O–H groups in total. The number of carbonyl (C=O) groups is 1. The van der Waals surface area contributed by atoms with Gasteiger partial charge in [-0.05, 0) is 23.3 Å². The highest BCUT2D eigenvalue weighted by atomic mass is 32.1. The lowest BCUT2D eigenvalue weighted by Gasteiger charge is -2.12. The molecule has 0 aliphatic carbocycles. The molecule has 114 valence electrons. The van der Waals surface area contributed by atoms with Gasteiger partial charge in [0, 0.05) is 25.8 Å². The molecule has 3 aromatic rings. The average Bonchev–Trinajstić information content (AvgIpc) is 2.54. The summed E-state index contributed by atoms with van der Waals surface area (Å²) in [5.41, 5.74) is 3.03. The molecule has 23 heavy (non-hydrogen) atoms. The molecule has 0 aliphatic rings. The molecule has 0 fully saturated rings. The highest BCUT2D eigenvalue weighted by Crippen LogP contribution is 2.31.